The number of carbonyl (C=O) groups excluding carboxylic acids is 2. The quantitative estimate of drug-likeness (QED) is 0.560. The third kappa shape index (κ3) is 4.63. The predicted molar refractivity (Wildman–Crippen MR) is 110 cm³/mol. The van der Waals surface area contributed by atoms with Gasteiger partial charge in [-0.05, 0) is 47.5 Å². The number of rotatable bonds is 4. The van der Waals surface area contributed by atoms with Crippen molar-refractivity contribution in [2.75, 3.05) is 12.4 Å². The Morgan fingerprint density at radius 2 is 1.53 bits per heavy atom. The zero-order chi connectivity index (χ0) is 21.9. The van der Waals surface area contributed by atoms with Crippen molar-refractivity contribution in [3.8, 4) is 11.1 Å². The molecule has 8 heteroatoms. The van der Waals surface area contributed by atoms with E-state index in [1.807, 2.05) is 0 Å². The lowest BCUT2D eigenvalue weighted by atomic mass is 9.98. The molecule has 0 fully saturated rings. The van der Waals surface area contributed by atoms with Gasteiger partial charge in [-0.1, -0.05) is 41.9 Å². The Morgan fingerprint density at radius 3 is 2.17 bits per heavy atom. The molecule has 0 aliphatic rings. The minimum Gasteiger partial charge on any atom is -0.355 e. The topological polar surface area (TPSA) is 58.2 Å². The third-order valence-electron chi connectivity index (χ3n) is 4.39. The Labute approximate surface area is 175 Å². The number of halogens is 4. The van der Waals surface area contributed by atoms with Crippen molar-refractivity contribution in [3.05, 3.63) is 88.4 Å². The maximum absolute atomic E-state index is 12.8. The van der Waals surface area contributed by atoms with Crippen LogP contribution in [0.4, 0.5) is 18.9 Å². The first-order chi connectivity index (χ1) is 14.2. The fourth-order valence-corrected chi connectivity index (χ4v) is 3.09. The minimum absolute atomic E-state index is 0.202. The number of alkyl halides is 3. The number of anilines is 1. The maximum Gasteiger partial charge on any atom is 0.416 e. The van der Waals surface area contributed by atoms with Crippen molar-refractivity contribution < 1.29 is 22.8 Å². The highest BCUT2D eigenvalue weighted by atomic mass is 35.5. The first-order valence-corrected chi connectivity index (χ1v) is 9.18. The zero-order valence-corrected chi connectivity index (χ0v) is 16.4. The third-order valence-corrected chi connectivity index (χ3v) is 4.72. The van der Waals surface area contributed by atoms with Gasteiger partial charge in [0.25, 0.3) is 11.8 Å². The molecule has 0 heterocycles. The summed E-state index contributed by atoms with van der Waals surface area (Å²) < 4.78 is 38.4. The second-order valence-corrected chi connectivity index (χ2v) is 6.76. The van der Waals surface area contributed by atoms with E-state index in [4.69, 9.17) is 11.6 Å². The number of amides is 2. The van der Waals surface area contributed by atoms with E-state index in [0.29, 0.717) is 16.8 Å². The van der Waals surface area contributed by atoms with Gasteiger partial charge in [-0.3, -0.25) is 9.59 Å². The lowest BCUT2D eigenvalue weighted by Crippen LogP contribution is -2.19. The number of nitrogens with one attached hydrogen (secondary N) is 2. The van der Waals surface area contributed by atoms with Gasteiger partial charge >= 0.3 is 6.18 Å². The fraction of sp³-hybridized carbons (Fsp3) is 0.0909. The number of benzene rings is 3. The van der Waals surface area contributed by atoms with Gasteiger partial charge in [0, 0.05) is 18.3 Å². The van der Waals surface area contributed by atoms with E-state index >= 15 is 0 Å². The van der Waals surface area contributed by atoms with Gasteiger partial charge in [0.2, 0.25) is 0 Å². The molecule has 2 N–H and O–H groups in total. The van der Waals surface area contributed by atoms with Crippen LogP contribution in [0, 0.1) is 0 Å². The average molecular weight is 433 g/mol. The Bertz CT molecular complexity index is 1100. The largest absolute Gasteiger partial charge is 0.416 e. The smallest absolute Gasteiger partial charge is 0.355 e. The molecule has 2 amide bonds. The van der Waals surface area contributed by atoms with E-state index in [1.54, 1.807) is 30.3 Å². The fourth-order valence-electron chi connectivity index (χ4n) is 2.88. The summed E-state index contributed by atoms with van der Waals surface area (Å²) in [5.74, 6) is -0.878. The molecule has 0 unspecified atom stereocenters. The zero-order valence-electron chi connectivity index (χ0n) is 15.7. The van der Waals surface area contributed by atoms with E-state index in [2.05, 4.69) is 10.6 Å². The van der Waals surface area contributed by atoms with E-state index in [-0.39, 0.29) is 16.1 Å². The van der Waals surface area contributed by atoms with Crippen LogP contribution in [0.15, 0.2) is 66.7 Å². The van der Waals surface area contributed by atoms with E-state index < -0.39 is 23.6 Å². The second-order valence-electron chi connectivity index (χ2n) is 6.35. The Hall–Kier alpha value is -3.32. The lowest BCUT2D eigenvalue weighted by Gasteiger charge is -2.13. The van der Waals surface area contributed by atoms with Gasteiger partial charge in [-0.15, -0.1) is 0 Å². The molecule has 3 rings (SSSR count). The summed E-state index contributed by atoms with van der Waals surface area (Å²) in [5, 5.41) is 5.39. The first kappa shape index (κ1) is 21.4. The molecule has 0 aliphatic carbocycles. The molecular formula is C22H16ClF3N2O2. The summed E-state index contributed by atoms with van der Waals surface area (Å²) >= 11 is 6.02. The van der Waals surface area contributed by atoms with Crippen LogP contribution >= 0.6 is 11.6 Å². The second kappa shape index (κ2) is 8.59. The van der Waals surface area contributed by atoms with Crippen molar-refractivity contribution in [2.45, 2.75) is 6.18 Å². The minimum atomic E-state index is -4.44. The highest BCUT2D eigenvalue weighted by Crippen LogP contribution is 2.32. The Balaban J connectivity index is 1.91. The molecule has 0 bridgehead atoms. The predicted octanol–water partition coefficient (Wildman–Crippen LogP) is 5.64. The molecule has 0 aliphatic heterocycles. The highest BCUT2D eigenvalue weighted by molar-refractivity contribution is 6.34. The average Bonchev–Trinajstić information content (AvgIpc) is 2.74. The molecular weight excluding hydrogens is 417 g/mol. The van der Waals surface area contributed by atoms with Crippen molar-refractivity contribution in [2.24, 2.45) is 0 Å². The molecule has 4 nitrogen and oxygen atoms in total. The van der Waals surface area contributed by atoms with E-state index in [9.17, 15) is 22.8 Å². The molecule has 0 atom stereocenters. The Kier molecular flexibility index (Phi) is 6.12. The molecule has 0 spiro atoms. The molecule has 3 aromatic carbocycles. The molecule has 0 saturated heterocycles. The summed E-state index contributed by atoms with van der Waals surface area (Å²) in [6, 6.07) is 15.6. The summed E-state index contributed by atoms with van der Waals surface area (Å²) in [7, 11) is 1.46. The van der Waals surface area contributed by atoms with Crippen LogP contribution < -0.4 is 10.6 Å². The van der Waals surface area contributed by atoms with Crippen molar-refractivity contribution in [3.63, 3.8) is 0 Å². The van der Waals surface area contributed by atoms with Crippen molar-refractivity contribution in [1.29, 1.82) is 0 Å². The van der Waals surface area contributed by atoms with Gasteiger partial charge < -0.3 is 10.6 Å². The maximum atomic E-state index is 12.8. The highest BCUT2D eigenvalue weighted by Gasteiger charge is 2.30. The van der Waals surface area contributed by atoms with Crippen LogP contribution in [0.1, 0.15) is 26.3 Å². The van der Waals surface area contributed by atoms with Gasteiger partial charge in [-0.2, -0.15) is 13.2 Å². The standard InChI is InChI=1S/C22H16ClF3N2O2/c1-27-20(29)18-12-15(10-11-19(18)23)28-21(30)17-5-3-2-4-16(17)13-6-8-14(9-7-13)22(24,25)26/h2-12H,1H3,(H,27,29)(H,28,30). The van der Waals surface area contributed by atoms with Crippen molar-refractivity contribution >= 4 is 29.1 Å². The summed E-state index contributed by atoms with van der Waals surface area (Å²) in [5.41, 5.74) is 1.00. The van der Waals surface area contributed by atoms with Crippen LogP contribution in [-0.2, 0) is 6.18 Å². The van der Waals surface area contributed by atoms with Crippen LogP contribution in [0.5, 0.6) is 0 Å². The van der Waals surface area contributed by atoms with Gasteiger partial charge in [0.1, 0.15) is 0 Å². The van der Waals surface area contributed by atoms with Crippen LogP contribution in [-0.4, -0.2) is 18.9 Å². The number of carbonyl (C=O) groups is 2. The van der Waals surface area contributed by atoms with Crippen LogP contribution in [0.25, 0.3) is 11.1 Å². The molecule has 30 heavy (non-hydrogen) atoms. The summed E-state index contributed by atoms with van der Waals surface area (Å²) in [6.45, 7) is 0. The molecule has 0 radical (unpaired) electrons. The van der Waals surface area contributed by atoms with Crippen molar-refractivity contribution in [1.82, 2.24) is 5.32 Å². The SMILES string of the molecule is CNC(=O)c1cc(NC(=O)c2ccccc2-c2ccc(C(F)(F)F)cc2)ccc1Cl. The molecule has 0 aromatic heterocycles. The lowest BCUT2D eigenvalue weighted by molar-refractivity contribution is -0.137. The van der Waals surface area contributed by atoms with Gasteiger partial charge in [-0.25, -0.2) is 0 Å². The molecule has 154 valence electrons. The first-order valence-electron chi connectivity index (χ1n) is 8.80. The summed E-state index contributed by atoms with van der Waals surface area (Å²) in [6.07, 6.45) is -4.44. The number of hydrogen-bond acceptors (Lipinski definition) is 2. The molecule has 3 aromatic rings. The summed E-state index contributed by atoms with van der Waals surface area (Å²) in [4.78, 5) is 24.7. The number of hydrogen-bond donors (Lipinski definition) is 2. The van der Waals surface area contributed by atoms with E-state index in [0.717, 1.165) is 12.1 Å². The van der Waals surface area contributed by atoms with Crippen LogP contribution in [0.3, 0.4) is 0 Å². The monoisotopic (exact) mass is 432 g/mol. The van der Waals surface area contributed by atoms with E-state index in [1.165, 1.54) is 31.3 Å². The van der Waals surface area contributed by atoms with Gasteiger partial charge in [0.15, 0.2) is 0 Å². The molecule has 0 saturated carbocycles. The normalized spacial score (nSPS) is 11.1. The van der Waals surface area contributed by atoms with Gasteiger partial charge in [0.05, 0.1) is 16.1 Å². The Morgan fingerprint density at radius 1 is 0.867 bits per heavy atom. The van der Waals surface area contributed by atoms with Crippen LogP contribution in [0.2, 0.25) is 5.02 Å².